The van der Waals surface area contributed by atoms with Gasteiger partial charge in [0.25, 0.3) is 0 Å². The van der Waals surface area contributed by atoms with Crippen molar-refractivity contribution < 1.29 is 9.90 Å². The first-order valence-electron chi connectivity index (χ1n) is 4.70. The molecule has 14 heavy (non-hydrogen) atoms. The van der Waals surface area contributed by atoms with Gasteiger partial charge in [-0.25, -0.2) is 4.79 Å². The third kappa shape index (κ3) is 3.42. The summed E-state index contributed by atoms with van der Waals surface area (Å²) < 4.78 is 0. The fourth-order valence-electron chi connectivity index (χ4n) is 1.05. The molecule has 0 fully saturated rings. The topological polar surface area (TPSA) is 37.3 Å². The Bertz CT molecular complexity index is 310. The van der Waals surface area contributed by atoms with E-state index in [0.29, 0.717) is 5.56 Å². The molecule has 0 atom stereocenters. The van der Waals surface area contributed by atoms with Gasteiger partial charge < -0.3 is 5.11 Å². The highest BCUT2D eigenvalue weighted by molar-refractivity contribution is 7.99. The van der Waals surface area contributed by atoms with Crippen LogP contribution in [0, 0.1) is 0 Å². The maximum absolute atomic E-state index is 10.7. The van der Waals surface area contributed by atoms with Gasteiger partial charge in [0.1, 0.15) is 0 Å². The monoisotopic (exact) mass is 210 g/mol. The molecule has 1 aromatic rings. The van der Waals surface area contributed by atoms with Crippen LogP contribution in [0.15, 0.2) is 29.2 Å². The van der Waals surface area contributed by atoms with Gasteiger partial charge in [-0.15, -0.1) is 11.8 Å². The highest BCUT2D eigenvalue weighted by atomic mass is 32.2. The van der Waals surface area contributed by atoms with Gasteiger partial charge in [0.2, 0.25) is 0 Å². The molecule has 0 aliphatic carbocycles. The first-order valence-corrected chi connectivity index (χ1v) is 5.68. The maximum Gasteiger partial charge on any atom is 0.335 e. The van der Waals surface area contributed by atoms with E-state index in [9.17, 15) is 4.79 Å². The van der Waals surface area contributed by atoms with Gasteiger partial charge in [-0.3, -0.25) is 0 Å². The largest absolute Gasteiger partial charge is 0.478 e. The lowest BCUT2D eigenvalue weighted by atomic mass is 10.2. The number of rotatable bonds is 5. The Morgan fingerprint density at radius 3 is 2.93 bits per heavy atom. The van der Waals surface area contributed by atoms with Crippen LogP contribution in [0.3, 0.4) is 0 Å². The van der Waals surface area contributed by atoms with Crippen molar-refractivity contribution >= 4 is 17.7 Å². The molecule has 0 heterocycles. The van der Waals surface area contributed by atoms with Gasteiger partial charge in [-0.2, -0.15) is 0 Å². The number of carboxylic acid groups (broad SMARTS) is 1. The van der Waals surface area contributed by atoms with Crippen molar-refractivity contribution in [3.05, 3.63) is 29.8 Å². The van der Waals surface area contributed by atoms with Crippen LogP contribution in [-0.4, -0.2) is 16.8 Å². The molecule has 76 valence electrons. The molecule has 1 aromatic carbocycles. The SMILES string of the molecule is CCCCSc1cccc(C(=O)O)c1. The van der Waals surface area contributed by atoms with Gasteiger partial charge in [-0.05, 0) is 30.4 Å². The molecule has 1 rings (SSSR count). The van der Waals surface area contributed by atoms with Crippen LogP contribution in [0.2, 0.25) is 0 Å². The molecule has 0 spiro atoms. The minimum atomic E-state index is -0.858. The Hall–Kier alpha value is -0.960. The van der Waals surface area contributed by atoms with Crippen LogP contribution in [0.4, 0.5) is 0 Å². The lowest BCUT2D eigenvalue weighted by molar-refractivity contribution is 0.0696. The number of thioether (sulfide) groups is 1. The Balaban J connectivity index is 2.59. The van der Waals surface area contributed by atoms with Crippen molar-refractivity contribution in [2.24, 2.45) is 0 Å². The minimum absolute atomic E-state index is 0.367. The Morgan fingerprint density at radius 1 is 1.50 bits per heavy atom. The summed E-state index contributed by atoms with van der Waals surface area (Å²) in [4.78, 5) is 11.7. The zero-order valence-electron chi connectivity index (χ0n) is 8.19. The molecule has 0 aromatic heterocycles. The van der Waals surface area contributed by atoms with Gasteiger partial charge in [0, 0.05) is 4.90 Å². The standard InChI is InChI=1S/C11H14O2S/c1-2-3-7-14-10-6-4-5-9(8-10)11(12)13/h4-6,8H,2-3,7H2,1H3,(H,12,13). The molecule has 0 amide bonds. The summed E-state index contributed by atoms with van der Waals surface area (Å²) in [5.74, 6) is 0.197. The number of hydrogen-bond donors (Lipinski definition) is 1. The van der Waals surface area contributed by atoms with Crippen molar-refractivity contribution in [2.75, 3.05) is 5.75 Å². The predicted octanol–water partition coefficient (Wildman–Crippen LogP) is 3.28. The van der Waals surface area contributed by atoms with Crippen molar-refractivity contribution in [3.63, 3.8) is 0 Å². The highest BCUT2D eigenvalue weighted by Crippen LogP contribution is 2.20. The average Bonchev–Trinajstić information content (AvgIpc) is 2.19. The number of aromatic carboxylic acids is 1. The molecule has 1 N–H and O–H groups in total. The molecule has 0 saturated carbocycles. The van der Waals surface area contributed by atoms with Crippen molar-refractivity contribution in [2.45, 2.75) is 24.7 Å². The van der Waals surface area contributed by atoms with Crippen molar-refractivity contribution in [1.29, 1.82) is 0 Å². The van der Waals surface area contributed by atoms with Crippen molar-refractivity contribution in [1.82, 2.24) is 0 Å². The second kappa shape index (κ2) is 5.70. The van der Waals surface area contributed by atoms with E-state index < -0.39 is 5.97 Å². The van der Waals surface area contributed by atoms with Crippen LogP contribution in [-0.2, 0) is 0 Å². The summed E-state index contributed by atoms with van der Waals surface area (Å²) in [5, 5.41) is 8.77. The molecular formula is C11H14O2S. The molecule has 0 bridgehead atoms. The van der Waals surface area contributed by atoms with E-state index in [1.54, 1.807) is 30.0 Å². The minimum Gasteiger partial charge on any atom is -0.478 e. The number of unbranched alkanes of at least 4 members (excludes halogenated alkanes) is 1. The number of hydrogen-bond acceptors (Lipinski definition) is 2. The van der Waals surface area contributed by atoms with E-state index in [-0.39, 0.29) is 0 Å². The van der Waals surface area contributed by atoms with Gasteiger partial charge in [-0.1, -0.05) is 19.4 Å². The quantitative estimate of drug-likeness (QED) is 0.598. The van der Waals surface area contributed by atoms with Gasteiger partial charge in [0.15, 0.2) is 0 Å². The summed E-state index contributed by atoms with van der Waals surface area (Å²) in [6.45, 7) is 2.15. The summed E-state index contributed by atoms with van der Waals surface area (Å²) in [7, 11) is 0. The van der Waals surface area contributed by atoms with E-state index in [1.165, 1.54) is 12.8 Å². The Labute approximate surface area is 88.3 Å². The third-order valence-electron chi connectivity index (χ3n) is 1.85. The van der Waals surface area contributed by atoms with Crippen LogP contribution < -0.4 is 0 Å². The van der Waals surface area contributed by atoms with E-state index in [1.807, 2.05) is 6.07 Å². The summed E-state index contributed by atoms with van der Waals surface area (Å²) in [6.07, 6.45) is 2.34. The predicted molar refractivity (Wildman–Crippen MR) is 59.0 cm³/mol. The van der Waals surface area contributed by atoms with Crippen LogP contribution in [0.1, 0.15) is 30.1 Å². The van der Waals surface area contributed by atoms with Crippen LogP contribution in [0.25, 0.3) is 0 Å². The highest BCUT2D eigenvalue weighted by Gasteiger charge is 2.02. The number of benzene rings is 1. The average molecular weight is 210 g/mol. The molecule has 0 aliphatic rings. The zero-order chi connectivity index (χ0) is 10.4. The molecule has 2 nitrogen and oxygen atoms in total. The number of carbonyl (C=O) groups is 1. The molecular weight excluding hydrogens is 196 g/mol. The van der Waals surface area contributed by atoms with Crippen molar-refractivity contribution in [3.8, 4) is 0 Å². The lowest BCUT2D eigenvalue weighted by Crippen LogP contribution is -1.95. The van der Waals surface area contributed by atoms with Gasteiger partial charge in [0.05, 0.1) is 5.56 Å². The fourth-order valence-corrected chi connectivity index (χ4v) is 2.11. The van der Waals surface area contributed by atoms with E-state index >= 15 is 0 Å². The molecule has 0 unspecified atom stereocenters. The van der Waals surface area contributed by atoms with E-state index in [0.717, 1.165) is 10.6 Å². The maximum atomic E-state index is 10.7. The first kappa shape index (κ1) is 11.1. The first-order chi connectivity index (χ1) is 6.74. The smallest absolute Gasteiger partial charge is 0.335 e. The zero-order valence-corrected chi connectivity index (χ0v) is 9.01. The lowest BCUT2D eigenvalue weighted by Gasteiger charge is -2.01. The van der Waals surface area contributed by atoms with Crippen LogP contribution >= 0.6 is 11.8 Å². The summed E-state index contributed by atoms with van der Waals surface area (Å²) >= 11 is 1.71. The van der Waals surface area contributed by atoms with E-state index in [2.05, 4.69) is 6.92 Å². The second-order valence-corrected chi connectivity index (χ2v) is 4.20. The Kier molecular flexibility index (Phi) is 4.53. The summed E-state index contributed by atoms with van der Waals surface area (Å²) in [6, 6.07) is 7.08. The third-order valence-corrected chi connectivity index (χ3v) is 2.93. The Morgan fingerprint density at radius 2 is 2.29 bits per heavy atom. The molecule has 0 aliphatic heterocycles. The second-order valence-electron chi connectivity index (χ2n) is 3.03. The number of carboxylic acids is 1. The van der Waals surface area contributed by atoms with E-state index in [4.69, 9.17) is 5.11 Å². The van der Waals surface area contributed by atoms with Crippen LogP contribution in [0.5, 0.6) is 0 Å². The molecule has 0 radical (unpaired) electrons. The normalized spacial score (nSPS) is 10.1. The van der Waals surface area contributed by atoms with Gasteiger partial charge >= 0.3 is 5.97 Å². The summed E-state index contributed by atoms with van der Waals surface area (Å²) in [5.41, 5.74) is 0.367. The molecule has 0 saturated heterocycles. The molecule has 3 heteroatoms. The fraction of sp³-hybridized carbons (Fsp3) is 0.364.